The Morgan fingerprint density at radius 1 is 1.23 bits per heavy atom. The summed E-state index contributed by atoms with van der Waals surface area (Å²) in [4.78, 5) is 4.38. The third kappa shape index (κ3) is 6.35. The summed E-state index contributed by atoms with van der Waals surface area (Å²) < 4.78 is 71.4. The summed E-state index contributed by atoms with van der Waals surface area (Å²) in [6.45, 7) is 2.48. The number of aromatic nitrogens is 1. The minimum Gasteiger partial charge on any atom is -0.491 e. The van der Waals surface area contributed by atoms with Gasteiger partial charge in [0.05, 0.1) is 29.0 Å². The van der Waals surface area contributed by atoms with Crippen molar-refractivity contribution in [3.05, 3.63) is 36.5 Å². The van der Waals surface area contributed by atoms with Gasteiger partial charge in [0.2, 0.25) is 25.9 Å². The van der Waals surface area contributed by atoms with Crippen LogP contribution in [-0.2, 0) is 24.8 Å². The molecular formula is C25H35N5O8S2. The van der Waals surface area contributed by atoms with Gasteiger partial charge in [0.25, 0.3) is 0 Å². The number of pyridine rings is 1. The minimum atomic E-state index is -3.70. The van der Waals surface area contributed by atoms with Crippen LogP contribution in [0.2, 0.25) is 0 Å². The molecule has 0 aliphatic carbocycles. The van der Waals surface area contributed by atoms with Crippen LogP contribution in [0.1, 0.15) is 19.3 Å². The first-order valence-electron chi connectivity index (χ1n) is 13.2. The van der Waals surface area contributed by atoms with Gasteiger partial charge in [-0.15, -0.1) is 0 Å². The number of anilines is 1. The van der Waals surface area contributed by atoms with Gasteiger partial charge in [0.15, 0.2) is 0 Å². The molecule has 1 spiro atoms. The van der Waals surface area contributed by atoms with Crippen LogP contribution in [-0.4, -0.2) is 102 Å². The van der Waals surface area contributed by atoms with E-state index in [1.54, 1.807) is 18.2 Å². The number of nitrogens with one attached hydrogen (secondary N) is 3. The molecule has 15 heteroatoms. The van der Waals surface area contributed by atoms with Crippen molar-refractivity contribution in [1.82, 2.24) is 19.3 Å². The van der Waals surface area contributed by atoms with Gasteiger partial charge in [0, 0.05) is 38.3 Å². The van der Waals surface area contributed by atoms with Crippen LogP contribution in [0.4, 0.5) is 5.69 Å². The quantitative estimate of drug-likeness (QED) is 0.294. The average Bonchev–Trinajstić information content (AvgIpc) is 3.37. The standard InChI is InChI=1S/C25H35N5O8S2/c1-26-39(32,33)21-4-2-3-20(11-21)37-17-19(31)14-28-18-13-25(38-16-18)5-8-30(9-6-25)40(34,35)22-12-23-24(29-15-22)36-10-7-27-23/h2-4,11-12,15,18-19,26-28,31H,5-10,13-14,16-17H2,1H3/t18-,19+/m1/s1. The summed E-state index contributed by atoms with van der Waals surface area (Å²) in [7, 11) is -5.95. The first-order valence-corrected chi connectivity index (χ1v) is 16.1. The van der Waals surface area contributed by atoms with E-state index in [0.717, 1.165) is 0 Å². The zero-order valence-corrected chi connectivity index (χ0v) is 23.8. The summed E-state index contributed by atoms with van der Waals surface area (Å²) in [6.07, 6.45) is 2.37. The minimum absolute atomic E-state index is 0.0119. The highest BCUT2D eigenvalue weighted by atomic mass is 32.2. The van der Waals surface area contributed by atoms with Crippen molar-refractivity contribution in [3.63, 3.8) is 0 Å². The molecule has 2 atom stereocenters. The molecule has 2 fully saturated rings. The van der Waals surface area contributed by atoms with E-state index in [1.165, 1.54) is 29.7 Å². The molecule has 13 nitrogen and oxygen atoms in total. The third-order valence-electron chi connectivity index (χ3n) is 7.43. The Balaban J connectivity index is 1.08. The first kappa shape index (κ1) is 29.0. The lowest BCUT2D eigenvalue weighted by molar-refractivity contribution is -0.0312. The Morgan fingerprint density at radius 2 is 2.02 bits per heavy atom. The largest absolute Gasteiger partial charge is 0.491 e. The number of aliphatic hydroxyl groups is 1. The third-order valence-corrected chi connectivity index (χ3v) is 10.7. The first-order chi connectivity index (χ1) is 19.1. The van der Waals surface area contributed by atoms with E-state index in [2.05, 4.69) is 20.3 Å². The molecule has 1 aromatic carbocycles. The van der Waals surface area contributed by atoms with E-state index < -0.39 is 31.8 Å². The molecule has 4 N–H and O–H groups in total. The Bertz CT molecular complexity index is 1410. The monoisotopic (exact) mass is 597 g/mol. The lowest BCUT2D eigenvalue weighted by Crippen LogP contribution is -2.47. The molecule has 220 valence electrons. The van der Waals surface area contributed by atoms with Crippen molar-refractivity contribution >= 4 is 25.7 Å². The second-order valence-corrected chi connectivity index (χ2v) is 14.0. The van der Waals surface area contributed by atoms with Gasteiger partial charge in [-0.2, -0.15) is 4.31 Å². The Morgan fingerprint density at radius 3 is 2.80 bits per heavy atom. The number of piperidine rings is 1. The zero-order valence-electron chi connectivity index (χ0n) is 22.2. The predicted octanol–water partition coefficient (Wildman–Crippen LogP) is 0.136. The van der Waals surface area contributed by atoms with Gasteiger partial charge in [0.1, 0.15) is 30.0 Å². The molecule has 3 aliphatic heterocycles. The van der Waals surface area contributed by atoms with Crippen LogP contribution >= 0.6 is 0 Å². The number of ether oxygens (including phenoxy) is 3. The number of nitrogens with zero attached hydrogens (tertiary/aromatic N) is 2. The molecular weight excluding hydrogens is 562 g/mol. The Labute approximate surface area is 234 Å². The van der Waals surface area contributed by atoms with Gasteiger partial charge in [-0.1, -0.05) is 6.07 Å². The fourth-order valence-corrected chi connectivity index (χ4v) is 7.34. The molecule has 4 heterocycles. The molecule has 0 radical (unpaired) electrons. The summed E-state index contributed by atoms with van der Waals surface area (Å²) >= 11 is 0. The van der Waals surface area contributed by atoms with E-state index in [1.807, 2.05) is 0 Å². The number of hydrogen-bond acceptors (Lipinski definition) is 11. The second-order valence-electron chi connectivity index (χ2n) is 10.2. The lowest BCUT2D eigenvalue weighted by atomic mass is 9.88. The fraction of sp³-hybridized carbons (Fsp3) is 0.560. The second kappa shape index (κ2) is 11.8. The molecule has 2 aromatic rings. The average molecular weight is 598 g/mol. The van der Waals surface area contributed by atoms with E-state index in [9.17, 15) is 21.9 Å². The Hall–Kier alpha value is -2.53. The van der Waals surface area contributed by atoms with Crippen molar-refractivity contribution < 1.29 is 36.2 Å². The number of fused-ring (bicyclic) bond motifs is 1. The number of rotatable bonds is 10. The van der Waals surface area contributed by atoms with Crippen LogP contribution in [0.25, 0.3) is 0 Å². The van der Waals surface area contributed by atoms with Gasteiger partial charge in [-0.05, 0) is 44.5 Å². The lowest BCUT2D eigenvalue weighted by Gasteiger charge is -2.38. The van der Waals surface area contributed by atoms with Gasteiger partial charge >= 0.3 is 0 Å². The van der Waals surface area contributed by atoms with Crippen LogP contribution in [0.15, 0.2) is 46.3 Å². The topological polar surface area (TPSA) is 168 Å². The molecule has 0 bridgehead atoms. The highest BCUT2D eigenvalue weighted by Gasteiger charge is 2.45. The zero-order chi connectivity index (χ0) is 28.4. The predicted molar refractivity (Wildman–Crippen MR) is 145 cm³/mol. The van der Waals surface area contributed by atoms with Crippen molar-refractivity contribution in [2.75, 3.05) is 58.4 Å². The molecule has 0 unspecified atom stereocenters. The van der Waals surface area contributed by atoms with Crippen LogP contribution in [0, 0.1) is 0 Å². The van der Waals surface area contributed by atoms with Crippen LogP contribution in [0.3, 0.4) is 0 Å². The maximum Gasteiger partial charge on any atom is 0.244 e. The smallest absolute Gasteiger partial charge is 0.244 e. The van der Waals surface area contributed by atoms with Crippen molar-refractivity contribution in [2.24, 2.45) is 0 Å². The maximum atomic E-state index is 13.3. The molecule has 40 heavy (non-hydrogen) atoms. The number of aliphatic hydroxyl groups excluding tert-OH is 1. The summed E-state index contributed by atoms with van der Waals surface area (Å²) in [5.41, 5.74) is 0.171. The number of hydrogen-bond donors (Lipinski definition) is 4. The normalized spacial score (nSPS) is 21.8. The van der Waals surface area contributed by atoms with Crippen LogP contribution < -0.4 is 24.8 Å². The maximum absolute atomic E-state index is 13.3. The van der Waals surface area contributed by atoms with E-state index >= 15 is 0 Å². The highest BCUT2D eigenvalue weighted by molar-refractivity contribution is 7.89. The SMILES string of the molecule is CNS(=O)(=O)c1cccc(OC[C@@H](O)CN[C@H]2COC3(CCN(S(=O)(=O)c4cnc5c(c4)NCCO5)CC3)C2)c1. The van der Waals surface area contributed by atoms with Gasteiger partial charge < -0.3 is 30.0 Å². The van der Waals surface area contributed by atoms with Crippen molar-refractivity contribution in [1.29, 1.82) is 0 Å². The van der Waals surface area contributed by atoms with E-state index in [-0.39, 0.29) is 29.0 Å². The molecule has 0 amide bonds. The summed E-state index contributed by atoms with van der Waals surface area (Å²) in [5, 5.41) is 16.8. The van der Waals surface area contributed by atoms with Crippen LogP contribution in [0.5, 0.6) is 11.6 Å². The summed E-state index contributed by atoms with van der Waals surface area (Å²) in [6, 6.07) is 7.65. The summed E-state index contributed by atoms with van der Waals surface area (Å²) in [5.74, 6) is 0.752. The van der Waals surface area contributed by atoms with E-state index in [4.69, 9.17) is 14.2 Å². The Kier molecular flexibility index (Phi) is 8.52. The molecule has 0 saturated carbocycles. The van der Waals surface area contributed by atoms with Gasteiger partial charge in [-0.3, -0.25) is 0 Å². The molecule has 1 aromatic heterocycles. The van der Waals surface area contributed by atoms with Gasteiger partial charge in [-0.25, -0.2) is 26.5 Å². The highest BCUT2D eigenvalue weighted by Crippen LogP contribution is 2.38. The fourth-order valence-electron chi connectivity index (χ4n) is 5.16. The van der Waals surface area contributed by atoms with Crippen molar-refractivity contribution in [3.8, 4) is 11.6 Å². The van der Waals surface area contributed by atoms with Crippen molar-refractivity contribution in [2.45, 2.75) is 46.8 Å². The number of sulfonamides is 2. The van der Waals surface area contributed by atoms with E-state index in [0.29, 0.717) is 69.4 Å². The molecule has 2 saturated heterocycles. The number of benzene rings is 1. The molecule has 5 rings (SSSR count). The molecule has 3 aliphatic rings.